The first-order valence-corrected chi connectivity index (χ1v) is 6.09. The van der Waals surface area contributed by atoms with E-state index in [4.69, 9.17) is 4.74 Å². The maximum absolute atomic E-state index is 11.7. The molecule has 0 atom stereocenters. The smallest absolute Gasteiger partial charge is 0.256 e. The standard InChI is InChI=1S/C15H14N2O2/c1-19-13-6-3-2-5-11(13)9-12-10-17-14(16-12)7-4-8-15(17)18/h2-8,10,16H,9H2,1H3. The highest BCUT2D eigenvalue weighted by molar-refractivity contribution is 5.42. The zero-order valence-electron chi connectivity index (χ0n) is 10.6. The molecule has 0 saturated carbocycles. The van der Waals surface area contributed by atoms with E-state index in [9.17, 15) is 4.79 Å². The van der Waals surface area contributed by atoms with E-state index >= 15 is 0 Å². The summed E-state index contributed by atoms with van der Waals surface area (Å²) in [5.41, 5.74) is 2.84. The van der Waals surface area contributed by atoms with Crippen LogP contribution in [0.15, 0.2) is 53.5 Å². The summed E-state index contributed by atoms with van der Waals surface area (Å²) in [6, 6.07) is 13.1. The van der Waals surface area contributed by atoms with Crippen LogP contribution in [0, 0.1) is 0 Å². The molecule has 0 bridgehead atoms. The Morgan fingerprint density at radius 3 is 2.79 bits per heavy atom. The predicted molar refractivity (Wildman–Crippen MR) is 73.8 cm³/mol. The highest BCUT2D eigenvalue weighted by Gasteiger charge is 2.06. The summed E-state index contributed by atoms with van der Waals surface area (Å²) >= 11 is 0. The van der Waals surface area contributed by atoms with Gasteiger partial charge in [0.05, 0.1) is 7.11 Å². The van der Waals surface area contributed by atoms with Crippen LogP contribution in [0.4, 0.5) is 0 Å². The Labute approximate surface area is 110 Å². The van der Waals surface area contributed by atoms with E-state index in [2.05, 4.69) is 4.98 Å². The first kappa shape index (κ1) is 11.6. The number of ether oxygens (including phenoxy) is 1. The topological polar surface area (TPSA) is 46.5 Å². The summed E-state index contributed by atoms with van der Waals surface area (Å²) in [5.74, 6) is 0.855. The van der Waals surface area contributed by atoms with Gasteiger partial charge in [-0.1, -0.05) is 24.3 Å². The lowest BCUT2D eigenvalue weighted by molar-refractivity contribution is 0.410. The van der Waals surface area contributed by atoms with Crippen LogP contribution in [0.2, 0.25) is 0 Å². The number of H-pyrrole nitrogens is 1. The minimum atomic E-state index is -0.0278. The van der Waals surface area contributed by atoms with Gasteiger partial charge in [-0.3, -0.25) is 9.20 Å². The Bertz CT molecular complexity index is 771. The van der Waals surface area contributed by atoms with E-state index in [1.807, 2.05) is 36.5 Å². The molecule has 3 aromatic rings. The molecule has 0 saturated heterocycles. The number of fused-ring (bicyclic) bond motifs is 1. The van der Waals surface area contributed by atoms with Crippen LogP contribution in [0.25, 0.3) is 5.65 Å². The fourth-order valence-corrected chi connectivity index (χ4v) is 2.23. The Morgan fingerprint density at radius 1 is 1.16 bits per heavy atom. The summed E-state index contributed by atoms with van der Waals surface area (Å²) in [7, 11) is 1.66. The van der Waals surface area contributed by atoms with Crippen LogP contribution in [-0.4, -0.2) is 16.5 Å². The van der Waals surface area contributed by atoms with Gasteiger partial charge in [-0.25, -0.2) is 0 Å². The summed E-state index contributed by atoms with van der Waals surface area (Å²) in [6.07, 6.45) is 2.54. The number of hydrogen-bond donors (Lipinski definition) is 1. The van der Waals surface area contributed by atoms with Crippen molar-refractivity contribution < 1.29 is 4.74 Å². The molecule has 1 aromatic carbocycles. The van der Waals surface area contributed by atoms with Crippen LogP contribution in [-0.2, 0) is 6.42 Å². The number of hydrogen-bond acceptors (Lipinski definition) is 2. The number of aromatic nitrogens is 2. The molecule has 0 spiro atoms. The SMILES string of the molecule is COc1ccccc1Cc1cn2c(=O)cccc2[nH]1. The molecule has 3 rings (SSSR count). The Balaban J connectivity index is 2.02. The van der Waals surface area contributed by atoms with Gasteiger partial charge in [0.2, 0.25) is 0 Å². The van der Waals surface area contributed by atoms with Gasteiger partial charge < -0.3 is 9.72 Å². The summed E-state index contributed by atoms with van der Waals surface area (Å²) < 4.78 is 6.95. The van der Waals surface area contributed by atoms with Crippen LogP contribution in [0.1, 0.15) is 11.3 Å². The van der Waals surface area contributed by atoms with Gasteiger partial charge in [0, 0.05) is 29.9 Å². The van der Waals surface area contributed by atoms with Gasteiger partial charge in [0.25, 0.3) is 5.56 Å². The first-order chi connectivity index (χ1) is 9.28. The Morgan fingerprint density at radius 2 is 2.00 bits per heavy atom. The molecule has 0 fully saturated rings. The lowest BCUT2D eigenvalue weighted by Gasteiger charge is -2.06. The lowest BCUT2D eigenvalue weighted by atomic mass is 10.1. The quantitative estimate of drug-likeness (QED) is 0.779. The molecular weight excluding hydrogens is 240 g/mol. The van der Waals surface area contributed by atoms with Crippen molar-refractivity contribution in [3.63, 3.8) is 0 Å². The average molecular weight is 254 g/mol. The second kappa shape index (κ2) is 4.65. The highest BCUT2D eigenvalue weighted by Crippen LogP contribution is 2.20. The summed E-state index contributed by atoms with van der Waals surface area (Å²) in [5, 5.41) is 0. The van der Waals surface area contributed by atoms with E-state index < -0.39 is 0 Å². The Hall–Kier alpha value is -2.49. The summed E-state index contributed by atoms with van der Waals surface area (Å²) in [6.45, 7) is 0. The average Bonchev–Trinajstić information content (AvgIpc) is 2.83. The van der Waals surface area contributed by atoms with Gasteiger partial charge in [-0.2, -0.15) is 0 Å². The second-order valence-corrected chi connectivity index (χ2v) is 4.39. The second-order valence-electron chi connectivity index (χ2n) is 4.39. The van der Waals surface area contributed by atoms with Crippen LogP contribution < -0.4 is 10.3 Å². The number of methoxy groups -OCH3 is 1. The number of para-hydroxylation sites is 1. The molecule has 0 aliphatic rings. The number of benzene rings is 1. The molecule has 0 radical (unpaired) electrons. The molecule has 0 unspecified atom stereocenters. The fraction of sp³-hybridized carbons (Fsp3) is 0.133. The number of imidazole rings is 1. The molecule has 19 heavy (non-hydrogen) atoms. The molecule has 96 valence electrons. The summed E-state index contributed by atoms with van der Waals surface area (Å²) in [4.78, 5) is 14.9. The molecule has 0 aliphatic carbocycles. The minimum absolute atomic E-state index is 0.0278. The Kier molecular flexibility index (Phi) is 2.83. The van der Waals surface area contributed by atoms with Gasteiger partial charge in [0.1, 0.15) is 11.4 Å². The molecule has 0 amide bonds. The number of pyridine rings is 1. The predicted octanol–water partition coefficient (Wildman–Crippen LogP) is 2.23. The number of nitrogens with zero attached hydrogens (tertiary/aromatic N) is 1. The van der Waals surface area contributed by atoms with Crippen molar-refractivity contribution in [1.82, 2.24) is 9.38 Å². The zero-order valence-corrected chi connectivity index (χ0v) is 10.6. The maximum atomic E-state index is 11.7. The van der Waals surface area contributed by atoms with Crippen molar-refractivity contribution in [3.05, 3.63) is 70.3 Å². The van der Waals surface area contributed by atoms with E-state index in [1.54, 1.807) is 23.6 Å². The van der Waals surface area contributed by atoms with Crippen molar-refractivity contribution in [2.24, 2.45) is 0 Å². The molecule has 2 heterocycles. The molecule has 0 aliphatic heterocycles. The molecular formula is C15H14N2O2. The van der Waals surface area contributed by atoms with Crippen molar-refractivity contribution >= 4 is 5.65 Å². The van der Waals surface area contributed by atoms with Crippen molar-refractivity contribution in [2.75, 3.05) is 7.11 Å². The normalized spacial score (nSPS) is 10.8. The number of rotatable bonds is 3. The number of aromatic amines is 1. The van der Waals surface area contributed by atoms with Crippen molar-refractivity contribution in [2.45, 2.75) is 6.42 Å². The highest BCUT2D eigenvalue weighted by atomic mass is 16.5. The number of nitrogens with one attached hydrogen (secondary N) is 1. The molecule has 4 nitrogen and oxygen atoms in total. The van der Waals surface area contributed by atoms with Crippen LogP contribution in [0.3, 0.4) is 0 Å². The largest absolute Gasteiger partial charge is 0.496 e. The van der Waals surface area contributed by atoms with Gasteiger partial charge in [-0.05, 0) is 12.1 Å². The van der Waals surface area contributed by atoms with Gasteiger partial charge in [0.15, 0.2) is 0 Å². The fourth-order valence-electron chi connectivity index (χ4n) is 2.23. The van der Waals surface area contributed by atoms with Crippen molar-refractivity contribution in [1.29, 1.82) is 0 Å². The van der Waals surface area contributed by atoms with Crippen molar-refractivity contribution in [3.8, 4) is 5.75 Å². The lowest BCUT2D eigenvalue weighted by Crippen LogP contribution is -2.08. The molecule has 4 heteroatoms. The third-order valence-electron chi connectivity index (χ3n) is 3.14. The molecule has 2 aromatic heterocycles. The monoisotopic (exact) mass is 254 g/mol. The van der Waals surface area contributed by atoms with E-state index in [0.29, 0.717) is 6.42 Å². The minimum Gasteiger partial charge on any atom is -0.496 e. The van der Waals surface area contributed by atoms with E-state index in [0.717, 1.165) is 22.7 Å². The third-order valence-corrected chi connectivity index (χ3v) is 3.14. The van der Waals surface area contributed by atoms with Crippen LogP contribution in [0.5, 0.6) is 5.75 Å². The zero-order chi connectivity index (χ0) is 13.2. The maximum Gasteiger partial charge on any atom is 0.256 e. The van der Waals surface area contributed by atoms with E-state index in [1.165, 1.54) is 0 Å². The third kappa shape index (κ3) is 2.12. The first-order valence-electron chi connectivity index (χ1n) is 6.09. The van der Waals surface area contributed by atoms with Gasteiger partial charge >= 0.3 is 0 Å². The van der Waals surface area contributed by atoms with E-state index in [-0.39, 0.29) is 5.56 Å². The molecule has 1 N–H and O–H groups in total. The van der Waals surface area contributed by atoms with Crippen LogP contribution >= 0.6 is 0 Å². The van der Waals surface area contributed by atoms with Gasteiger partial charge in [-0.15, -0.1) is 0 Å².